The Labute approximate surface area is 162 Å². The van der Waals surface area contributed by atoms with Gasteiger partial charge in [0.2, 0.25) is 0 Å². The first kappa shape index (κ1) is 17.7. The van der Waals surface area contributed by atoms with Crippen LogP contribution in [0.2, 0.25) is 0 Å². The summed E-state index contributed by atoms with van der Waals surface area (Å²) in [7, 11) is 1.58. The molecule has 1 heterocycles. The van der Waals surface area contributed by atoms with Gasteiger partial charge in [-0.2, -0.15) is 0 Å². The Morgan fingerprint density at radius 2 is 1.68 bits per heavy atom. The molecule has 140 valence electrons. The lowest BCUT2D eigenvalue weighted by Crippen LogP contribution is -2.06. The molecule has 1 aromatic heterocycles. The fraction of sp³-hybridized carbons (Fsp3) is 0.0870. The van der Waals surface area contributed by atoms with Crippen LogP contribution in [0.15, 0.2) is 88.1 Å². The van der Waals surface area contributed by atoms with Crippen molar-refractivity contribution in [2.45, 2.75) is 6.54 Å². The molecule has 0 unspecified atom stereocenters. The maximum Gasteiger partial charge on any atom is 0.336 e. The van der Waals surface area contributed by atoms with Gasteiger partial charge in [0.05, 0.1) is 12.8 Å². The molecule has 0 saturated carbocycles. The molecule has 5 nitrogen and oxygen atoms in total. The number of rotatable bonds is 6. The first-order valence-electron chi connectivity index (χ1n) is 8.89. The van der Waals surface area contributed by atoms with Crippen LogP contribution >= 0.6 is 0 Å². The van der Waals surface area contributed by atoms with Crippen molar-refractivity contribution in [2.24, 2.45) is 0 Å². The molecule has 0 saturated heterocycles. The zero-order chi connectivity index (χ0) is 19.3. The molecule has 0 spiro atoms. The van der Waals surface area contributed by atoms with E-state index in [1.165, 1.54) is 6.07 Å². The normalized spacial score (nSPS) is 10.6. The second kappa shape index (κ2) is 7.88. The molecule has 0 radical (unpaired) electrons. The van der Waals surface area contributed by atoms with Crippen molar-refractivity contribution < 1.29 is 13.9 Å². The van der Waals surface area contributed by atoms with Crippen LogP contribution in [0.4, 0.5) is 5.69 Å². The molecule has 0 aliphatic carbocycles. The van der Waals surface area contributed by atoms with Gasteiger partial charge in [0.1, 0.15) is 17.1 Å². The summed E-state index contributed by atoms with van der Waals surface area (Å²) in [4.78, 5) is 12.0. The number of ether oxygens (including phenoxy) is 2. The Kier molecular flexibility index (Phi) is 4.97. The highest BCUT2D eigenvalue weighted by Gasteiger charge is 2.09. The maximum atomic E-state index is 12.0. The van der Waals surface area contributed by atoms with Crippen LogP contribution in [0, 0.1) is 0 Å². The van der Waals surface area contributed by atoms with E-state index >= 15 is 0 Å². The molecule has 0 bridgehead atoms. The van der Waals surface area contributed by atoms with Crippen molar-refractivity contribution in [3.63, 3.8) is 0 Å². The summed E-state index contributed by atoms with van der Waals surface area (Å²) < 4.78 is 16.5. The van der Waals surface area contributed by atoms with Gasteiger partial charge in [0, 0.05) is 24.1 Å². The molecule has 0 amide bonds. The first-order chi connectivity index (χ1) is 13.7. The summed E-state index contributed by atoms with van der Waals surface area (Å²) in [6.45, 7) is 0.448. The van der Waals surface area contributed by atoms with Gasteiger partial charge in [0.25, 0.3) is 0 Å². The van der Waals surface area contributed by atoms with E-state index in [4.69, 9.17) is 13.9 Å². The molecule has 3 aromatic carbocycles. The Morgan fingerprint density at radius 1 is 0.893 bits per heavy atom. The number of methoxy groups -OCH3 is 1. The molecule has 1 N–H and O–H groups in total. The highest BCUT2D eigenvalue weighted by molar-refractivity contribution is 5.82. The minimum absolute atomic E-state index is 0.397. The number of nitrogens with one attached hydrogen (secondary N) is 1. The lowest BCUT2D eigenvalue weighted by molar-refractivity contribution is 0.414. The smallest absolute Gasteiger partial charge is 0.336 e. The van der Waals surface area contributed by atoms with Crippen molar-refractivity contribution in [1.82, 2.24) is 0 Å². The second-order valence-corrected chi connectivity index (χ2v) is 6.22. The zero-order valence-electron chi connectivity index (χ0n) is 15.3. The lowest BCUT2D eigenvalue weighted by atomic mass is 10.1. The van der Waals surface area contributed by atoms with Gasteiger partial charge >= 0.3 is 5.63 Å². The third-order valence-electron chi connectivity index (χ3n) is 4.36. The Morgan fingerprint density at radius 3 is 2.50 bits per heavy atom. The molecule has 4 aromatic rings. The summed E-state index contributed by atoms with van der Waals surface area (Å²) >= 11 is 0. The summed E-state index contributed by atoms with van der Waals surface area (Å²) in [5.41, 5.74) is 1.77. The third-order valence-corrected chi connectivity index (χ3v) is 4.36. The number of anilines is 1. The average molecular weight is 373 g/mol. The second-order valence-electron chi connectivity index (χ2n) is 6.22. The maximum absolute atomic E-state index is 12.0. The monoisotopic (exact) mass is 373 g/mol. The molecule has 0 atom stereocenters. The SMILES string of the molecule is COc1ccc2c(CNc3ccccc3Oc3ccccc3)cc(=O)oc2c1. The van der Waals surface area contributed by atoms with Crippen LogP contribution in [-0.2, 0) is 6.54 Å². The van der Waals surface area contributed by atoms with Gasteiger partial charge in [-0.25, -0.2) is 4.79 Å². The van der Waals surface area contributed by atoms with Gasteiger partial charge in [-0.05, 0) is 42.0 Å². The van der Waals surface area contributed by atoms with E-state index in [0.29, 0.717) is 23.6 Å². The molecule has 28 heavy (non-hydrogen) atoms. The van der Waals surface area contributed by atoms with E-state index in [0.717, 1.165) is 22.4 Å². The fourth-order valence-corrected chi connectivity index (χ4v) is 2.99. The molecular formula is C23H19NO4. The predicted octanol–water partition coefficient (Wildman–Crippen LogP) is 5.21. The molecule has 5 heteroatoms. The van der Waals surface area contributed by atoms with Gasteiger partial charge in [-0.1, -0.05) is 30.3 Å². The van der Waals surface area contributed by atoms with Crippen LogP contribution in [0.5, 0.6) is 17.2 Å². The van der Waals surface area contributed by atoms with Gasteiger partial charge in [-0.15, -0.1) is 0 Å². The van der Waals surface area contributed by atoms with Crippen molar-refractivity contribution >= 4 is 16.7 Å². The minimum atomic E-state index is -0.397. The van der Waals surface area contributed by atoms with Crippen LogP contribution in [0.1, 0.15) is 5.56 Å². The fourth-order valence-electron chi connectivity index (χ4n) is 2.99. The van der Waals surface area contributed by atoms with Gasteiger partial charge in [-0.3, -0.25) is 0 Å². The Bertz CT molecular complexity index is 1150. The van der Waals surface area contributed by atoms with E-state index in [1.54, 1.807) is 13.2 Å². The molecule has 0 aliphatic heterocycles. The van der Waals surface area contributed by atoms with E-state index in [1.807, 2.05) is 66.7 Å². The number of benzene rings is 3. The highest BCUT2D eigenvalue weighted by Crippen LogP contribution is 2.30. The van der Waals surface area contributed by atoms with Crippen molar-refractivity contribution in [3.8, 4) is 17.2 Å². The lowest BCUT2D eigenvalue weighted by Gasteiger charge is -2.14. The molecule has 0 aliphatic rings. The van der Waals surface area contributed by atoms with Gasteiger partial charge < -0.3 is 19.2 Å². The Balaban J connectivity index is 1.61. The average Bonchev–Trinajstić information content (AvgIpc) is 2.73. The van der Waals surface area contributed by atoms with E-state index in [9.17, 15) is 4.79 Å². The first-order valence-corrected chi connectivity index (χ1v) is 8.89. The van der Waals surface area contributed by atoms with E-state index in [-0.39, 0.29) is 0 Å². The standard InChI is InChI=1S/C23H19NO4/c1-26-18-11-12-19-16(13-23(25)28-22(19)14-18)15-24-20-9-5-6-10-21(20)27-17-7-3-2-4-8-17/h2-14,24H,15H2,1H3. The Hall–Kier alpha value is -3.73. The topological polar surface area (TPSA) is 60.7 Å². The largest absolute Gasteiger partial charge is 0.497 e. The van der Waals surface area contributed by atoms with Crippen LogP contribution in [-0.4, -0.2) is 7.11 Å². The molecule has 4 rings (SSSR count). The highest BCUT2D eigenvalue weighted by atomic mass is 16.5. The third kappa shape index (κ3) is 3.83. The molecule has 0 fully saturated rings. The van der Waals surface area contributed by atoms with Crippen LogP contribution in [0.3, 0.4) is 0 Å². The van der Waals surface area contributed by atoms with Gasteiger partial charge in [0.15, 0.2) is 5.75 Å². The van der Waals surface area contributed by atoms with Crippen molar-refractivity contribution in [2.75, 3.05) is 12.4 Å². The quantitative estimate of drug-likeness (QED) is 0.470. The van der Waals surface area contributed by atoms with Crippen molar-refractivity contribution in [3.05, 3.63) is 94.8 Å². The minimum Gasteiger partial charge on any atom is -0.497 e. The van der Waals surface area contributed by atoms with Crippen LogP contribution < -0.4 is 20.4 Å². The summed E-state index contributed by atoms with van der Waals surface area (Å²) in [5.74, 6) is 2.11. The van der Waals surface area contributed by atoms with Crippen LogP contribution in [0.25, 0.3) is 11.0 Å². The number of para-hydroxylation sites is 3. The number of fused-ring (bicyclic) bond motifs is 1. The summed E-state index contributed by atoms with van der Waals surface area (Å²) in [6.07, 6.45) is 0. The summed E-state index contributed by atoms with van der Waals surface area (Å²) in [5, 5.41) is 4.22. The summed E-state index contributed by atoms with van der Waals surface area (Å²) in [6, 6.07) is 24.2. The van der Waals surface area contributed by atoms with E-state index < -0.39 is 5.63 Å². The van der Waals surface area contributed by atoms with Crippen molar-refractivity contribution in [1.29, 1.82) is 0 Å². The van der Waals surface area contributed by atoms with E-state index in [2.05, 4.69) is 5.32 Å². The molecular weight excluding hydrogens is 354 g/mol. The predicted molar refractivity (Wildman–Crippen MR) is 109 cm³/mol. The zero-order valence-corrected chi connectivity index (χ0v) is 15.3. The number of hydrogen-bond acceptors (Lipinski definition) is 5. The number of hydrogen-bond donors (Lipinski definition) is 1.